The van der Waals surface area contributed by atoms with E-state index in [-0.39, 0.29) is 17.2 Å². The highest BCUT2D eigenvalue weighted by molar-refractivity contribution is 5.75. The molecule has 1 aliphatic carbocycles. The van der Waals surface area contributed by atoms with Gasteiger partial charge in [-0.2, -0.15) is 4.98 Å². The van der Waals surface area contributed by atoms with E-state index in [0.29, 0.717) is 23.5 Å². The maximum Gasteiger partial charge on any atom is 0.252 e. The number of aromatic nitrogens is 3. The Morgan fingerprint density at radius 2 is 1.88 bits per heavy atom. The van der Waals surface area contributed by atoms with Crippen molar-refractivity contribution in [1.29, 1.82) is 0 Å². The summed E-state index contributed by atoms with van der Waals surface area (Å²) in [5.41, 5.74) is 0.255. The van der Waals surface area contributed by atoms with Gasteiger partial charge in [-0.3, -0.25) is 9.36 Å². The number of hydrogen-bond acceptors (Lipinski definition) is 4. The van der Waals surface area contributed by atoms with Gasteiger partial charge in [0.1, 0.15) is 5.65 Å². The van der Waals surface area contributed by atoms with Crippen LogP contribution in [0.4, 0.5) is 24.8 Å². The first-order valence-electron chi connectivity index (χ1n) is 7.79. The van der Waals surface area contributed by atoms with Gasteiger partial charge in [-0.15, -0.1) is 0 Å². The SMILES string of the molecule is O=c1ccc2cnc(Nc3cc(F)c(F)c(F)c3)nc2n1CC1CC1. The fraction of sp³-hybridized carbons (Fsp3) is 0.235. The van der Waals surface area contributed by atoms with E-state index in [9.17, 15) is 18.0 Å². The molecule has 1 aliphatic rings. The van der Waals surface area contributed by atoms with Gasteiger partial charge in [0.15, 0.2) is 17.5 Å². The number of anilines is 2. The van der Waals surface area contributed by atoms with Crippen molar-refractivity contribution in [2.75, 3.05) is 5.32 Å². The van der Waals surface area contributed by atoms with E-state index in [4.69, 9.17) is 0 Å². The second kappa shape index (κ2) is 5.87. The van der Waals surface area contributed by atoms with Crippen molar-refractivity contribution in [1.82, 2.24) is 14.5 Å². The fourth-order valence-corrected chi connectivity index (χ4v) is 2.62. The molecule has 128 valence electrons. The van der Waals surface area contributed by atoms with Gasteiger partial charge in [0.05, 0.1) is 0 Å². The largest absolute Gasteiger partial charge is 0.324 e. The van der Waals surface area contributed by atoms with Crippen LogP contribution >= 0.6 is 0 Å². The van der Waals surface area contributed by atoms with E-state index in [1.54, 1.807) is 10.6 Å². The highest BCUT2D eigenvalue weighted by Gasteiger charge is 2.23. The van der Waals surface area contributed by atoms with Crippen LogP contribution in [0.1, 0.15) is 12.8 Å². The molecule has 3 aromatic rings. The zero-order valence-electron chi connectivity index (χ0n) is 13.0. The number of rotatable bonds is 4. The molecule has 0 bridgehead atoms. The normalized spacial score (nSPS) is 14.0. The first-order chi connectivity index (χ1) is 12.0. The van der Waals surface area contributed by atoms with Crippen molar-refractivity contribution in [2.24, 2.45) is 5.92 Å². The molecule has 0 unspecified atom stereocenters. The number of hydrogen-bond donors (Lipinski definition) is 1. The van der Waals surface area contributed by atoms with Crippen LogP contribution in [0.25, 0.3) is 11.0 Å². The molecular weight excluding hydrogens is 333 g/mol. The molecule has 0 saturated heterocycles. The third kappa shape index (κ3) is 3.07. The van der Waals surface area contributed by atoms with Crippen molar-refractivity contribution < 1.29 is 13.2 Å². The second-order valence-electron chi connectivity index (χ2n) is 6.08. The third-order valence-electron chi connectivity index (χ3n) is 4.10. The van der Waals surface area contributed by atoms with Crippen LogP contribution < -0.4 is 10.9 Å². The van der Waals surface area contributed by atoms with Gasteiger partial charge in [-0.05, 0) is 24.8 Å². The summed E-state index contributed by atoms with van der Waals surface area (Å²) in [6.07, 6.45) is 3.67. The van der Waals surface area contributed by atoms with Gasteiger partial charge in [-0.25, -0.2) is 18.2 Å². The molecule has 0 aliphatic heterocycles. The smallest absolute Gasteiger partial charge is 0.252 e. The lowest BCUT2D eigenvalue weighted by Crippen LogP contribution is -2.21. The molecule has 1 aromatic carbocycles. The molecule has 5 nitrogen and oxygen atoms in total. The summed E-state index contributed by atoms with van der Waals surface area (Å²) in [5.74, 6) is -3.63. The van der Waals surface area contributed by atoms with Crippen molar-refractivity contribution in [3.8, 4) is 0 Å². The minimum Gasteiger partial charge on any atom is -0.324 e. The minimum absolute atomic E-state index is 0.0252. The molecule has 0 amide bonds. The summed E-state index contributed by atoms with van der Waals surface area (Å²) >= 11 is 0. The van der Waals surface area contributed by atoms with Gasteiger partial charge in [0, 0.05) is 42.0 Å². The van der Waals surface area contributed by atoms with Gasteiger partial charge < -0.3 is 5.32 Å². The molecule has 0 spiro atoms. The first-order valence-corrected chi connectivity index (χ1v) is 7.79. The average molecular weight is 346 g/mol. The summed E-state index contributed by atoms with van der Waals surface area (Å²) in [7, 11) is 0. The zero-order valence-corrected chi connectivity index (χ0v) is 13.0. The summed E-state index contributed by atoms with van der Waals surface area (Å²) in [6, 6.07) is 4.72. The predicted molar refractivity (Wildman–Crippen MR) is 86.1 cm³/mol. The van der Waals surface area contributed by atoms with E-state index >= 15 is 0 Å². The summed E-state index contributed by atoms with van der Waals surface area (Å²) < 4.78 is 41.3. The zero-order chi connectivity index (χ0) is 17.6. The predicted octanol–water partition coefficient (Wildman–Crippen LogP) is 3.36. The van der Waals surface area contributed by atoms with E-state index in [1.807, 2.05) is 0 Å². The van der Waals surface area contributed by atoms with Crippen molar-refractivity contribution in [3.63, 3.8) is 0 Å². The topological polar surface area (TPSA) is 59.8 Å². The van der Waals surface area contributed by atoms with Gasteiger partial charge in [-0.1, -0.05) is 0 Å². The Balaban J connectivity index is 1.74. The second-order valence-corrected chi connectivity index (χ2v) is 6.08. The lowest BCUT2D eigenvalue weighted by molar-refractivity contribution is 0.448. The molecule has 25 heavy (non-hydrogen) atoms. The highest BCUT2D eigenvalue weighted by Crippen LogP contribution is 2.31. The molecule has 8 heteroatoms. The average Bonchev–Trinajstić information content (AvgIpc) is 3.39. The quantitative estimate of drug-likeness (QED) is 0.736. The lowest BCUT2D eigenvalue weighted by Gasteiger charge is -2.10. The number of halogens is 3. The maximum atomic E-state index is 13.3. The third-order valence-corrected chi connectivity index (χ3v) is 4.10. The Morgan fingerprint density at radius 1 is 1.16 bits per heavy atom. The first kappa shape index (κ1) is 15.6. The molecule has 4 rings (SSSR count). The maximum absolute atomic E-state index is 13.3. The van der Waals surface area contributed by atoms with Crippen molar-refractivity contribution in [3.05, 3.63) is 58.3 Å². The van der Waals surface area contributed by atoms with Gasteiger partial charge >= 0.3 is 0 Å². The van der Waals surface area contributed by atoms with Gasteiger partial charge in [0.2, 0.25) is 5.95 Å². The number of nitrogens with one attached hydrogen (secondary N) is 1. The molecule has 1 N–H and O–H groups in total. The minimum atomic E-state index is -1.54. The fourth-order valence-electron chi connectivity index (χ4n) is 2.62. The highest BCUT2D eigenvalue weighted by atomic mass is 19.2. The molecule has 1 fully saturated rings. The van der Waals surface area contributed by atoms with Crippen LogP contribution in [-0.4, -0.2) is 14.5 Å². The Hall–Kier alpha value is -2.90. The molecule has 2 aromatic heterocycles. The van der Waals surface area contributed by atoms with Crippen LogP contribution in [0.15, 0.2) is 35.3 Å². The van der Waals surface area contributed by atoms with Gasteiger partial charge in [0.25, 0.3) is 5.56 Å². The molecule has 1 saturated carbocycles. The van der Waals surface area contributed by atoms with Crippen LogP contribution in [0.5, 0.6) is 0 Å². The monoisotopic (exact) mass is 346 g/mol. The molecule has 0 radical (unpaired) electrons. The lowest BCUT2D eigenvalue weighted by atomic mass is 10.3. The number of benzene rings is 1. The Morgan fingerprint density at radius 3 is 2.56 bits per heavy atom. The summed E-state index contributed by atoms with van der Waals surface area (Å²) in [5, 5.41) is 3.32. The standard InChI is InChI=1S/C17H13F3N4O/c18-12-5-11(6-13(19)15(12)20)22-17-21-7-10-3-4-14(25)24(16(10)23-17)8-9-1-2-9/h3-7,9H,1-2,8H2,(H,21,22,23). The van der Waals surface area contributed by atoms with E-state index < -0.39 is 17.5 Å². The Kier molecular flexibility index (Phi) is 3.67. The van der Waals surface area contributed by atoms with Crippen molar-refractivity contribution in [2.45, 2.75) is 19.4 Å². The van der Waals surface area contributed by atoms with E-state index in [1.165, 1.54) is 12.3 Å². The number of fused-ring (bicyclic) bond motifs is 1. The summed E-state index contributed by atoms with van der Waals surface area (Å²) in [6.45, 7) is 0.576. The Labute approximate surface area is 140 Å². The van der Waals surface area contributed by atoms with Crippen LogP contribution in [0.3, 0.4) is 0 Å². The van der Waals surface area contributed by atoms with Crippen LogP contribution in [0.2, 0.25) is 0 Å². The Bertz CT molecular complexity index is 1010. The van der Waals surface area contributed by atoms with Crippen LogP contribution in [0, 0.1) is 23.4 Å². The van der Waals surface area contributed by atoms with Crippen LogP contribution in [-0.2, 0) is 6.54 Å². The van der Waals surface area contributed by atoms with E-state index in [2.05, 4.69) is 15.3 Å². The number of nitrogens with zero attached hydrogens (tertiary/aromatic N) is 3. The number of pyridine rings is 1. The van der Waals surface area contributed by atoms with Crippen molar-refractivity contribution >= 4 is 22.7 Å². The molecule has 2 heterocycles. The summed E-state index contributed by atoms with van der Waals surface area (Å²) in [4.78, 5) is 20.5. The van der Waals surface area contributed by atoms with E-state index in [0.717, 1.165) is 25.0 Å². The molecule has 0 atom stereocenters. The molecular formula is C17H13F3N4O.